The van der Waals surface area contributed by atoms with Crippen LogP contribution in [-0.2, 0) is 0 Å². The number of nitro benzene ring substituents is 1. The Morgan fingerprint density at radius 1 is 0.967 bits per heavy atom. The highest BCUT2D eigenvalue weighted by Gasteiger charge is 2.12. The van der Waals surface area contributed by atoms with Gasteiger partial charge in [-0.3, -0.25) is 19.5 Å². The highest BCUT2D eigenvalue weighted by atomic mass is 16.6. The smallest absolute Gasteiger partial charge is 0.268 e. The topological polar surface area (TPSA) is 102 Å². The Hall–Kier alpha value is -4.57. The van der Waals surface area contributed by atoms with E-state index in [2.05, 4.69) is 11.1 Å². The van der Waals surface area contributed by atoms with Gasteiger partial charge in [0.1, 0.15) is 5.82 Å². The molecule has 0 aliphatic heterocycles. The molecule has 0 fully saturated rings. The predicted octanol–water partition coefficient (Wildman–Crippen LogP) is 4.34. The second kappa shape index (κ2) is 7.81. The molecular weight excluding hydrogens is 380 g/mol. The number of rotatable bonds is 4. The van der Waals surface area contributed by atoms with Gasteiger partial charge in [0.05, 0.1) is 33.1 Å². The molecule has 0 spiro atoms. The summed E-state index contributed by atoms with van der Waals surface area (Å²) >= 11 is 0. The SMILES string of the molecule is N#Cc1ccc(/C=C/c2nc3ccccc3c(=O)n2-c2ccc([N+](=O)[O-])cc2)cc1. The van der Waals surface area contributed by atoms with E-state index < -0.39 is 4.92 Å². The summed E-state index contributed by atoms with van der Waals surface area (Å²) in [6, 6.07) is 21.8. The Morgan fingerprint density at radius 2 is 1.67 bits per heavy atom. The van der Waals surface area contributed by atoms with Crippen LogP contribution in [0.4, 0.5) is 5.69 Å². The molecule has 144 valence electrons. The van der Waals surface area contributed by atoms with Crippen LogP contribution in [0.1, 0.15) is 17.0 Å². The maximum Gasteiger partial charge on any atom is 0.269 e. The van der Waals surface area contributed by atoms with Gasteiger partial charge in [-0.25, -0.2) is 4.98 Å². The van der Waals surface area contributed by atoms with Crippen LogP contribution in [0.2, 0.25) is 0 Å². The van der Waals surface area contributed by atoms with E-state index in [0.717, 1.165) is 5.56 Å². The van der Waals surface area contributed by atoms with Gasteiger partial charge in [0.2, 0.25) is 0 Å². The van der Waals surface area contributed by atoms with E-state index in [1.807, 2.05) is 0 Å². The van der Waals surface area contributed by atoms with Crippen LogP contribution < -0.4 is 5.56 Å². The van der Waals surface area contributed by atoms with Crippen molar-refractivity contribution in [1.29, 1.82) is 5.26 Å². The maximum absolute atomic E-state index is 13.2. The van der Waals surface area contributed by atoms with Crippen LogP contribution in [0.15, 0.2) is 77.6 Å². The largest absolute Gasteiger partial charge is 0.269 e. The van der Waals surface area contributed by atoms with Gasteiger partial charge >= 0.3 is 0 Å². The molecule has 0 atom stereocenters. The zero-order valence-electron chi connectivity index (χ0n) is 15.6. The summed E-state index contributed by atoms with van der Waals surface area (Å²) in [6.45, 7) is 0. The number of nitriles is 1. The van der Waals surface area contributed by atoms with Gasteiger partial charge < -0.3 is 0 Å². The van der Waals surface area contributed by atoms with Gasteiger partial charge in [-0.05, 0) is 48.0 Å². The van der Waals surface area contributed by atoms with Crippen molar-refractivity contribution in [2.24, 2.45) is 0 Å². The molecule has 30 heavy (non-hydrogen) atoms. The molecule has 4 aromatic rings. The quantitative estimate of drug-likeness (QED) is 0.378. The van der Waals surface area contributed by atoms with Crippen LogP contribution in [0, 0.1) is 21.4 Å². The third-order valence-corrected chi connectivity index (χ3v) is 4.59. The van der Waals surface area contributed by atoms with Crippen molar-refractivity contribution < 1.29 is 4.92 Å². The van der Waals surface area contributed by atoms with Crippen LogP contribution in [0.5, 0.6) is 0 Å². The standard InChI is InChI=1S/C23H14N4O3/c24-15-17-7-5-16(6-8-17)9-14-22-25-21-4-2-1-3-20(21)23(28)26(22)18-10-12-19(13-11-18)27(29)30/h1-14H/b14-9+. The zero-order chi connectivity index (χ0) is 21.1. The highest BCUT2D eigenvalue weighted by molar-refractivity contribution is 5.80. The lowest BCUT2D eigenvalue weighted by Gasteiger charge is -2.11. The van der Waals surface area contributed by atoms with E-state index in [0.29, 0.717) is 28.0 Å². The minimum Gasteiger partial charge on any atom is -0.268 e. The van der Waals surface area contributed by atoms with E-state index in [-0.39, 0.29) is 11.2 Å². The number of hydrogen-bond donors (Lipinski definition) is 0. The number of benzene rings is 3. The molecule has 7 heteroatoms. The minimum atomic E-state index is -0.489. The lowest BCUT2D eigenvalue weighted by atomic mass is 10.1. The summed E-state index contributed by atoms with van der Waals surface area (Å²) in [7, 11) is 0. The molecule has 1 heterocycles. The van der Waals surface area contributed by atoms with Crippen molar-refractivity contribution in [2.75, 3.05) is 0 Å². The fourth-order valence-corrected chi connectivity index (χ4v) is 3.07. The Morgan fingerprint density at radius 3 is 2.33 bits per heavy atom. The molecule has 0 radical (unpaired) electrons. The second-order valence-corrected chi connectivity index (χ2v) is 6.47. The van der Waals surface area contributed by atoms with Gasteiger partial charge in [-0.1, -0.05) is 30.3 Å². The molecule has 3 aromatic carbocycles. The zero-order valence-corrected chi connectivity index (χ0v) is 15.6. The first-order valence-corrected chi connectivity index (χ1v) is 9.02. The molecule has 0 aliphatic rings. The van der Waals surface area contributed by atoms with Crippen molar-refractivity contribution in [1.82, 2.24) is 9.55 Å². The molecule has 4 rings (SSSR count). The van der Waals surface area contributed by atoms with E-state index in [1.165, 1.54) is 28.8 Å². The molecule has 0 unspecified atom stereocenters. The highest BCUT2D eigenvalue weighted by Crippen LogP contribution is 2.18. The Labute approximate surface area is 170 Å². The number of aromatic nitrogens is 2. The van der Waals surface area contributed by atoms with Crippen LogP contribution in [0.25, 0.3) is 28.7 Å². The van der Waals surface area contributed by atoms with E-state index in [1.54, 1.807) is 60.7 Å². The Bertz CT molecular complexity index is 1380. The third kappa shape index (κ3) is 3.57. The number of fused-ring (bicyclic) bond motifs is 1. The van der Waals surface area contributed by atoms with E-state index >= 15 is 0 Å². The second-order valence-electron chi connectivity index (χ2n) is 6.47. The average molecular weight is 394 g/mol. The molecule has 1 aromatic heterocycles. The molecule has 0 amide bonds. The summed E-state index contributed by atoms with van der Waals surface area (Å²) in [4.78, 5) is 28.3. The average Bonchev–Trinajstić information content (AvgIpc) is 2.78. The molecule has 0 bridgehead atoms. The summed E-state index contributed by atoms with van der Waals surface area (Å²) in [6.07, 6.45) is 3.50. The Kier molecular flexibility index (Phi) is 4.89. The number of hydrogen-bond acceptors (Lipinski definition) is 5. The lowest BCUT2D eigenvalue weighted by molar-refractivity contribution is -0.384. The molecule has 7 nitrogen and oxygen atoms in total. The van der Waals surface area contributed by atoms with E-state index in [9.17, 15) is 14.9 Å². The lowest BCUT2D eigenvalue weighted by Crippen LogP contribution is -2.22. The van der Waals surface area contributed by atoms with Gasteiger partial charge in [0.15, 0.2) is 0 Å². The normalized spacial score (nSPS) is 10.9. The first kappa shape index (κ1) is 18.8. The molecule has 0 saturated heterocycles. The van der Waals surface area contributed by atoms with E-state index in [4.69, 9.17) is 5.26 Å². The summed E-state index contributed by atoms with van der Waals surface area (Å²) in [5.41, 5.74) is 2.10. The van der Waals surface area contributed by atoms with Gasteiger partial charge in [-0.2, -0.15) is 5.26 Å². The van der Waals surface area contributed by atoms with Crippen molar-refractivity contribution in [3.8, 4) is 11.8 Å². The van der Waals surface area contributed by atoms with Gasteiger partial charge in [-0.15, -0.1) is 0 Å². The summed E-state index contributed by atoms with van der Waals surface area (Å²) in [5.74, 6) is 0.386. The van der Waals surface area contributed by atoms with Crippen LogP contribution in [0.3, 0.4) is 0 Å². The molecule has 0 aliphatic carbocycles. The fourth-order valence-electron chi connectivity index (χ4n) is 3.07. The molecule has 0 N–H and O–H groups in total. The predicted molar refractivity (Wildman–Crippen MR) is 114 cm³/mol. The number of nitro groups is 1. The molecular formula is C23H14N4O3. The number of para-hydroxylation sites is 1. The maximum atomic E-state index is 13.2. The van der Waals surface area contributed by atoms with Crippen molar-refractivity contribution in [3.63, 3.8) is 0 Å². The Balaban J connectivity index is 1.87. The van der Waals surface area contributed by atoms with Crippen molar-refractivity contribution in [2.45, 2.75) is 0 Å². The third-order valence-electron chi connectivity index (χ3n) is 4.59. The minimum absolute atomic E-state index is 0.0600. The van der Waals surface area contributed by atoms with Gasteiger partial charge in [0, 0.05) is 12.1 Å². The first-order chi connectivity index (χ1) is 14.6. The van der Waals surface area contributed by atoms with Crippen molar-refractivity contribution >= 4 is 28.7 Å². The fraction of sp³-hybridized carbons (Fsp3) is 0. The van der Waals surface area contributed by atoms with Crippen LogP contribution >= 0.6 is 0 Å². The number of non-ortho nitro benzene ring substituents is 1. The number of nitrogens with zero attached hydrogens (tertiary/aromatic N) is 4. The first-order valence-electron chi connectivity index (χ1n) is 9.02. The summed E-state index contributed by atoms with van der Waals surface area (Å²) in [5, 5.41) is 20.3. The molecule has 0 saturated carbocycles. The van der Waals surface area contributed by atoms with Gasteiger partial charge in [0.25, 0.3) is 11.2 Å². The van der Waals surface area contributed by atoms with Crippen molar-refractivity contribution in [3.05, 3.63) is 110 Å². The summed E-state index contributed by atoms with van der Waals surface area (Å²) < 4.78 is 1.42. The monoisotopic (exact) mass is 394 g/mol. The van der Waals surface area contributed by atoms with Crippen LogP contribution in [-0.4, -0.2) is 14.5 Å².